The van der Waals surface area contributed by atoms with Gasteiger partial charge in [-0.15, -0.1) is 0 Å². The van der Waals surface area contributed by atoms with Crippen LogP contribution in [0.2, 0.25) is 0 Å². The standard InChI is InChI=1S/C22H31NO8/c1-6-19(24)28-13(4)14(5)29-22(27)16(23)11-15-9-10-17(30-20(25)7-2)18(12-15)31-21(26)8-3/h9-10,12-14,16H,6-8,11,23H2,1-5H3/t13-,14-,16-/m0/s1. The molecule has 9 heteroatoms. The average Bonchev–Trinajstić information content (AvgIpc) is 2.74. The highest BCUT2D eigenvalue weighted by atomic mass is 16.6. The van der Waals surface area contributed by atoms with Gasteiger partial charge in [0, 0.05) is 19.3 Å². The topological polar surface area (TPSA) is 131 Å². The highest BCUT2D eigenvalue weighted by Crippen LogP contribution is 2.30. The molecule has 1 aromatic carbocycles. The summed E-state index contributed by atoms with van der Waals surface area (Å²) in [6.45, 7) is 8.18. The van der Waals surface area contributed by atoms with E-state index in [1.807, 2.05) is 0 Å². The third-order valence-electron chi connectivity index (χ3n) is 4.36. The van der Waals surface area contributed by atoms with Gasteiger partial charge in [0.1, 0.15) is 18.2 Å². The molecular weight excluding hydrogens is 406 g/mol. The number of ether oxygens (including phenoxy) is 4. The van der Waals surface area contributed by atoms with Crippen LogP contribution in [0.1, 0.15) is 59.4 Å². The Morgan fingerprint density at radius 2 is 1.32 bits per heavy atom. The van der Waals surface area contributed by atoms with Crippen LogP contribution in [0.4, 0.5) is 0 Å². The summed E-state index contributed by atoms with van der Waals surface area (Å²) in [7, 11) is 0. The lowest BCUT2D eigenvalue weighted by Gasteiger charge is -2.22. The lowest BCUT2D eigenvalue weighted by molar-refractivity contribution is -0.166. The van der Waals surface area contributed by atoms with Gasteiger partial charge < -0.3 is 24.7 Å². The SMILES string of the molecule is CCC(=O)Oc1ccc(C[C@H](N)C(=O)O[C@@H](C)[C@H](C)OC(=O)CC)cc1OC(=O)CC. The molecular formula is C22H31NO8. The van der Waals surface area contributed by atoms with E-state index in [1.54, 1.807) is 40.7 Å². The van der Waals surface area contributed by atoms with Crippen LogP contribution in [-0.2, 0) is 35.1 Å². The molecule has 0 radical (unpaired) electrons. The predicted octanol–water partition coefficient (Wildman–Crippen LogP) is 2.46. The zero-order valence-electron chi connectivity index (χ0n) is 18.6. The quantitative estimate of drug-likeness (QED) is 0.409. The molecule has 2 N–H and O–H groups in total. The van der Waals surface area contributed by atoms with E-state index in [2.05, 4.69) is 0 Å². The fraction of sp³-hybridized carbons (Fsp3) is 0.545. The fourth-order valence-electron chi connectivity index (χ4n) is 2.32. The minimum Gasteiger partial charge on any atom is -0.459 e. The molecule has 0 bridgehead atoms. The maximum absolute atomic E-state index is 12.3. The molecule has 1 aromatic rings. The highest BCUT2D eigenvalue weighted by molar-refractivity contribution is 5.77. The second-order valence-corrected chi connectivity index (χ2v) is 6.94. The first-order valence-electron chi connectivity index (χ1n) is 10.3. The molecule has 0 amide bonds. The van der Waals surface area contributed by atoms with Crippen molar-refractivity contribution in [2.45, 2.75) is 78.6 Å². The molecule has 31 heavy (non-hydrogen) atoms. The van der Waals surface area contributed by atoms with Gasteiger partial charge in [0.2, 0.25) is 0 Å². The van der Waals surface area contributed by atoms with Crippen molar-refractivity contribution in [2.75, 3.05) is 0 Å². The van der Waals surface area contributed by atoms with E-state index in [0.29, 0.717) is 5.56 Å². The molecule has 0 aromatic heterocycles. The molecule has 0 fully saturated rings. The average molecular weight is 437 g/mol. The number of carbonyl (C=O) groups is 4. The zero-order chi connectivity index (χ0) is 23.6. The monoisotopic (exact) mass is 437 g/mol. The molecule has 0 saturated heterocycles. The van der Waals surface area contributed by atoms with Gasteiger partial charge in [0.25, 0.3) is 0 Å². The van der Waals surface area contributed by atoms with Crippen LogP contribution in [0.25, 0.3) is 0 Å². The first kappa shape index (κ1) is 26.1. The predicted molar refractivity (Wildman–Crippen MR) is 111 cm³/mol. The molecule has 0 aliphatic carbocycles. The van der Waals surface area contributed by atoms with Crippen LogP contribution in [0, 0.1) is 0 Å². The van der Waals surface area contributed by atoms with Crippen molar-refractivity contribution in [2.24, 2.45) is 5.73 Å². The summed E-state index contributed by atoms with van der Waals surface area (Å²) in [4.78, 5) is 47.0. The lowest BCUT2D eigenvalue weighted by Crippen LogP contribution is -2.39. The Balaban J connectivity index is 2.86. The summed E-state index contributed by atoms with van der Waals surface area (Å²) in [5, 5.41) is 0. The summed E-state index contributed by atoms with van der Waals surface area (Å²) in [5.74, 6) is -1.86. The second kappa shape index (κ2) is 12.7. The molecule has 0 aliphatic heterocycles. The van der Waals surface area contributed by atoms with Gasteiger partial charge in [-0.2, -0.15) is 0 Å². The Morgan fingerprint density at radius 1 is 0.806 bits per heavy atom. The molecule has 172 valence electrons. The second-order valence-electron chi connectivity index (χ2n) is 6.94. The Bertz CT molecular complexity index is 792. The number of nitrogens with two attached hydrogens (primary N) is 1. The molecule has 1 rings (SSSR count). The molecule has 0 heterocycles. The molecule has 0 spiro atoms. The Hall–Kier alpha value is -2.94. The van der Waals surface area contributed by atoms with E-state index in [9.17, 15) is 19.2 Å². The normalized spacial score (nSPS) is 13.5. The van der Waals surface area contributed by atoms with Crippen molar-refractivity contribution < 1.29 is 38.1 Å². The third kappa shape index (κ3) is 8.75. The van der Waals surface area contributed by atoms with Gasteiger partial charge in [0.15, 0.2) is 11.5 Å². The highest BCUT2D eigenvalue weighted by Gasteiger charge is 2.24. The zero-order valence-corrected chi connectivity index (χ0v) is 18.6. The summed E-state index contributed by atoms with van der Waals surface area (Å²) in [6.07, 6.45) is -0.686. The lowest BCUT2D eigenvalue weighted by atomic mass is 10.1. The number of esters is 4. The number of rotatable bonds is 11. The molecule has 9 nitrogen and oxygen atoms in total. The molecule has 3 atom stereocenters. The van der Waals surface area contributed by atoms with Crippen molar-refractivity contribution in [3.63, 3.8) is 0 Å². The summed E-state index contributed by atoms with van der Waals surface area (Å²) in [5.41, 5.74) is 6.55. The fourth-order valence-corrected chi connectivity index (χ4v) is 2.32. The Morgan fingerprint density at radius 3 is 1.87 bits per heavy atom. The minimum atomic E-state index is -1.00. The van der Waals surface area contributed by atoms with Crippen molar-refractivity contribution >= 4 is 23.9 Å². The number of carbonyl (C=O) groups excluding carboxylic acids is 4. The van der Waals surface area contributed by atoms with Crippen molar-refractivity contribution in [3.8, 4) is 11.5 Å². The molecule has 0 saturated carbocycles. The largest absolute Gasteiger partial charge is 0.459 e. The van der Waals surface area contributed by atoms with Gasteiger partial charge in [-0.25, -0.2) is 0 Å². The van der Waals surface area contributed by atoms with Crippen LogP contribution in [-0.4, -0.2) is 42.1 Å². The van der Waals surface area contributed by atoms with Gasteiger partial charge in [-0.1, -0.05) is 26.8 Å². The van der Waals surface area contributed by atoms with E-state index in [0.717, 1.165) is 0 Å². The minimum absolute atomic E-state index is 0.0696. The first-order chi connectivity index (χ1) is 14.6. The van der Waals surface area contributed by atoms with Crippen LogP contribution in [0.15, 0.2) is 18.2 Å². The molecule has 0 unspecified atom stereocenters. The van der Waals surface area contributed by atoms with Crippen LogP contribution < -0.4 is 15.2 Å². The Kier molecular flexibility index (Phi) is 10.7. The number of hydrogen-bond acceptors (Lipinski definition) is 9. The number of hydrogen-bond donors (Lipinski definition) is 1. The smallest absolute Gasteiger partial charge is 0.323 e. The first-order valence-corrected chi connectivity index (χ1v) is 10.3. The van der Waals surface area contributed by atoms with Crippen molar-refractivity contribution in [1.29, 1.82) is 0 Å². The van der Waals surface area contributed by atoms with Gasteiger partial charge in [-0.05, 0) is 38.0 Å². The van der Waals surface area contributed by atoms with Crippen LogP contribution in [0.5, 0.6) is 11.5 Å². The maximum Gasteiger partial charge on any atom is 0.323 e. The van der Waals surface area contributed by atoms with Crippen molar-refractivity contribution in [1.82, 2.24) is 0 Å². The van der Waals surface area contributed by atoms with Crippen LogP contribution in [0.3, 0.4) is 0 Å². The number of benzene rings is 1. The molecule has 0 aliphatic rings. The summed E-state index contributed by atoms with van der Waals surface area (Å²) >= 11 is 0. The maximum atomic E-state index is 12.3. The van der Waals surface area contributed by atoms with E-state index >= 15 is 0 Å². The van der Waals surface area contributed by atoms with Gasteiger partial charge >= 0.3 is 23.9 Å². The van der Waals surface area contributed by atoms with Crippen LogP contribution >= 0.6 is 0 Å². The Labute approximate surface area is 182 Å². The van der Waals surface area contributed by atoms with E-state index in [-0.39, 0.29) is 37.2 Å². The van der Waals surface area contributed by atoms with Gasteiger partial charge in [-0.3, -0.25) is 19.2 Å². The summed E-state index contributed by atoms with van der Waals surface area (Å²) < 4.78 is 20.9. The van der Waals surface area contributed by atoms with Gasteiger partial charge in [0.05, 0.1) is 0 Å². The van der Waals surface area contributed by atoms with Crippen molar-refractivity contribution in [3.05, 3.63) is 23.8 Å². The third-order valence-corrected chi connectivity index (χ3v) is 4.36. The van der Waals surface area contributed by atoms with E-state index in [1.165, 1.54) is 12.1 Å². The summed E-state index contributed by atoms with van der Waals surface area (Å²) in [6, 6.07) is 3.58. The van der Waals surface area contributed by atoms with E-state index < -0.39 is 42.1 Å². The van der Waals surface area contributed by atoms with E-state index in [4.69, 9.17) is 24.7 Å².